The zero-order valence-corrected chi connectivity index (χ0v) is 21.4. The van der Waals surface area contributed by atoms with Crippen LogP contribution in [0.25, 0.3) is 0 Å². The number of ether oxygens (including phenoxy) is 1. The van der Waals surface area contributed by atoms with Crippen LogP contribution < -0.4 is 9.80 Å². The zero-order valence-electron chi connectivity index (χ0n) is 20.6. The molecule has 3 amide bonds. The van der Waals surface area contributed by atoms with Crippen LogP contribution in [-0.2, 0) is 38.5 Å². The molecule has 1 fully saturated rings. The van der Waals surface area contributed by atoms with Crippen molar-refractivity contribution in [2.45, 2.75) is 25.4 Å². The van der Waals surface area contributed by atoms with Crippen LogP contribution in [-0.4, -0.2) is 55.5 Å². The maximum Gasteiger partial charge on any atom is 0.253 e. The number of carbonyl (C=O) groups is 3. The molecule has 0 aromatic heterocycles. The van der Waals surface area contributed by atoms with Gasteiger partial charge in [-0.05, 0) is 53.1 Å². The number of rotatable bonds is 5. The van der Waals surface area contributed by atoms with Gasteiger partial charge in [0.2, 0.25) is 11.8 Å². The molecule has 0 unspecified atom stereocenters. The van der Waals surface area contributed by atoms with Gasteiger partial charge in [0.1, 0.15) is 12.6 Å². The van der Waals surface area contributed by atoms with Crippen molar-refractivity contribution in [1.82, 2.24) is 4.90 Å². The molecule has 2 aliphatic rings. The molecule has 7 nitrogen and oxygen atoms in total. The average Bonchev–Trinajstić information content (AvgIpc) is 2.93. The maximum absolute atomic E-state index is 13.8. The minimum absolute atomic E-state index is 0.0726. The van der Waals surface area contributed by atoms with Gasteiger partial charge in [-0.25, -0.2) is 0 Å². The van der Waals surface area contributed by atoms with E-state index in [1.807, 2.05) is 60.7 Å². The largest absolute Gasteiger partial charge is 0.370 e. The number of amides is 3. The lowest BCUT2D eigenvalue weighted by Gasteiger charge is -2.38. The van der Waals surface area contributed by atoms with Gasteiger partial charge < -0.3 is 19.4 Å². The molecule has 0 bridgehead atoms. The van der Waals surface area contributed by atoms with Gasteiger partial charge in [0.15, 0.2) is 0 Å². The summed E-state index contributed by atoms with van der Waals surface area (Å²) in [7, 11) is 1.72. The Morgan fingerprint density at radius 1 is 1.00 bits per heavy atom. The number of likely N-dealkylation sites (N-methyl/N-ethyl adjacent to an activating group) is 1. The fourth-order valence-corrected chi connectivity index (χ4v) is 5.01. The fourth-order valence-electron chi connectivity index (χ4n) is 4.88. The van der Waals surface area contributed by atoms with Crippen molar-refractivity contribution in [2.75, 3.05) is 36.6 Å². The summed E-state index contributed by atoms with van der Waals surface area (Å²) in [5, 5.41) is 0.613. The molecule has 37 heavy (non-hydrogen) atoms. The Hall–Kier alpha value is -3.68. The number of anilines is 2. The molecule has 3 aromatic carbocycles. The van der Waals surface area contributed by atoms with Gasteiger partial charge in [0.05, 0.1) is 13.0 Å². The minimum Gasteiger partial charge on any atom is -0.370 e. The average molecular weight is 518 g/mol. The molecule has 2 heterocycles. The second-order valence-electron chi connectivity index (χ2n) is 9.33. The van der Waals surface area contributed by atoms with E-state index >= 15 is 0 Å². The summed E-state index contributed by atoms with van der Waals surface area (Å²) >= 11 is 6.00. The first-order valence-electron chi connectivity index (χ1n) is 12.3. The van der Waals surface area contributed by atoms with Crippen LogP contribution in [0.2, 0.25) is 5.02 Å². The molecule has 0 radical (unpaired) electrons. The molecule has 1 atom stereocenters. The molecule has 5 rings (SSSR count). The highest BCUT2D eigenvalue weighted by Gasteiger charge is 2.36. The fraction of sp³-hybridized carbons (Fsp3) is 0.276. The van der Waals surface area contributed by atoms with E-state index in [0.717, 1.165) is 22.4 Å². The van der Waals surface area contributed by atoms with Crippen molar-refractivity contribution in [2.24, 2.45) is 0 Å². The van der Waals surface area contributed by atoms with Crippen molar-refractivity contribution >= 4 is 40.7 Å². The molecule has 8 heteroatoms. The predicted octanol–water partition coefficient (Wildman–Crippen LogP) is 3.86. The predicted molar refractivity (Wildman–Crippen MR) is 143 cm³/mol. The van der Waals surface area contributed by atoms with E-state index in [0.29, 0.717) is 36.8 Å². The molecule has 0 N–H and O–H groups in total. The lowest BCUT2D eigenvalue weighted by atomic mass is 9.92. The van der Waals surface area contributed by atoms with Crippen molar-refractivity contribution in [3.05, 3.63) is 94.5 Å². The standard InChI is InChI=1S/C29H28ClN3O4/c1-31(24-10-12-25(13-11-24)32-14-15-37-19-28(32)35)29(36)26-17-21-4-2-3-5-22(21)18-33(26)27(34)16-20-6-8-23(30)9-7-20/h2-13,26H,14-19H2,1H3/t26-/m0/s1. The van der Waals surface area contributed by atoms with Crippen LogP contribution in [0, 0.1) is 0 Å². The number of carbonyl (C=O) groups excluding carboxylic acids is 3. The first-order valence-corrected chi connectivity index (χ1v) is 12.6. The molecular formula is C29H28ClN3O4. The van der Waals surface area contributed by atoms with Gasteiger partial charge in [-0.3, -0.25) is 14.4 Å². The van der Waals surface area contributed by atoms with Crippen molar-refractivity contribution in [3.8, 4) is 0 Å². The Kier molecular flexibility index (Phi) is 7.26. The number of hydrogen-bond donors (Lipinski definition) is 0. The molecule has 2 aliphatic heterocycles. The number of benzene rings is 3. The SMILES string of the molecule is CN(C(=O)[C@@H]1Cc2ccccc2CN1C(=O)Cc1ccc(Cl)cc1)c1ccc(N2CCOCC2=O)cc1. The van der Waals surface area contributed by atoms with E-state index in [2.05, 4.69) is 0 Å². The molecular weight excluding hydrogens is 490 g/mol. The number of halogens is 1. The van der Waals surface area contributed by atoms with E-state index in [4.69, 9.17) is 16.3 Å². The Morgan fingerprint density at radius 3 is 2.41 bits per heavy atom. The Morgan fingerprint density at radius 2 is 1.70 bits per heavy atom. The highest BCUT2D eigenvalue weighted by molar-refractivity contribution is 6.30. The lowest BCUT2D eigenvalue weighted by molar-refractivity contribution is -0.140. The summed E-state index contributed by atoms with van der Waals surface area (Å²) in [5.41, 5.74) is 4.44. The van der Waals surface area contributed by atoms with Crippen LogP contribution in [0.3, 0.4) is 0 Å². The first-order chi connectivity index (χ1) is 17.9. The van der Waals surface area contributed by atoms with Crippen molar-refractivity contribution in [1.29, 1.82) is 0 Å². The van der Waals surface area contributed by atoms with Crippen molar-refractivity contribution in [3.63, 3.8) is 0 Å². The molecule has 3 aromatic rings. The van der Waals surface area contributed by atoms with E-state index in [9.17, 15) is 14.4 Å². The number of hydrogen-bond acceptors (Lipinski definition) is 4. The second-order valence-corrected chi connectivity index (χ2v) is 9.76. The third-order valence-electron chi connectivity index (χ3n) is 6.99. The quantitative estimate of drug-likeness (QED) is 0.515. The van der Waals surface area contributed by atoms with Gasteiger partial charge in [-0.15, -0.1) is 0 Å². The van der Waals surface area contributed by atoms with E-state index in [-0.39, 0.29) is 30.7 Å². The van der Waals surface area contributed by atoms with E-state index in [1.165, 1.54) is 0 Å². The summed E-state index contributed by atoms with van der Waals surface area (Å²) in [6.45, 7) is 1.45. The van der Waals surface area contributed by atoms with Crippen molar-refractivity contribution < 1.29 is 19.1 Å². The molecule has 0 spiro atoms. The van der Waals surface area contributed by atoms with E-state index in [1.54, 1.807) is 33.9 Å². The zero-order chi connectivity index (χ0) is 25.9. The van der Waals surface area contributed by atoms with Crippen LogP contribution >= 0.6 is 11.6 Å². The summed E-state index contributed by atoms with van der Waals surface area (Å²) in [6, 6.07) is 21.8. The summed E-state index contributed by atoms with van der Waals surface area (Å²) in [5.74, 6) is -0.349. The topological polar surface area (TPSA) is 70.2 Å². The molecule has 0 aliphatic carbocycles. The van der Waals surface area contributed by atoms with Crippen LogP contribution in [0.15, 0.2) is 72.8 Å². The van der Waals surface area contributed by atoms with Gasteiger partial charge in [0.25, 0.3) is 5.91 Å². The summed E-state index contributed by atoms with van der Waals surface area (Å²) in [6.07, 6.45) is 0.640. The number of nitrogens with zero attached hydrogens (tertiary/aromatic N) is 3. The lowest BCUT2D eigenvalue weighted by Crippen LogP contribution is -2.53. The third kappa shape index (κ3) is 5.38. The molecule has 190 valence electrons. The van der Waals surface area contributed by atoms with Gasteiger partial charge in [-0.1, -0.05) is 48.0 Å². The number of fused-ring (bicyclic) bond motifs is 1. The monoisotopic (exact) mass is 517 g/mol. The minimum atomic E-state index is -0.625. The Labute approximate surface area is 221 Å². The van der Waals surface area contributed by atoms with Gasteiger partial charge >= 0.3 is 0 Å². The van der Waals surface area contributed by atoms with E-state index < -0.39 is 6.04 Å². The summed E-state index contributed by atoms with van der Waals surface area (Å²) < 4.78 is 5.21. The van der Waals surface area contributed by atoms with Crippen LogP contribution in [0.5, 0.6) is 0 Å². The smallest absolute Gasteiger partial charge is 0.253 e. The second kappa shape index (κ2) is 10.7. The first kappa shape index (κ1) is 25.0. The molecule has 1 saturated heterocycles. The summed E-state index contributed by atoms with van der Waals surface area (Å²) in [4.78, 5) is 44.4. The normalized spacial score (nSPS) is 17.4. The Bertz CT molecular complexity index is 1310. The highest BCUT2D eigenvalue weighted by Crippen LogP contribution is 2.28. The Balaban J connectivity index is 1.37. The third-order valence-corrected chi connectivity index (χ3v) is 7.24. The maximum atomic E-state index is 13.8. The number of morpholine rings is 1. The van der Waals surface area contributed by atoms with Gasteiger partial charge in [-0.2, -0.15) is 0 Å². The van der Waals surface area contributed by atoms with Crippen LogP contribution in [0.1, 0.15) is 16.7 Å². The van der Waals surface area contributed by atoms with Crippen LogP contribution in [0.4, 0.5) is 11.4 Å². The highest BCUT2D eigenvalue weighted by atomic mass is 35.5. The van der Waals surface area contributed by atoms with Gasteiger partial charge in [0, 0.05) is 43.0 Å². The molecule has 0 saturated carbocycles.